The number of imidazole rings is 1. The summed E-state index contributed by atoms with van der Waals surface area (Å²) in [6, 6.07) is 1.53. The lowest BCUT2D eigenvalue weighted by atomic mass is 10.2. The molecule has 0 amide bonds. The molecule has 0 saturated carbocycles. The third-order valence-electron chi connectivity index (χ3n) is 5.21. The minimum Gasteiger partial charge on any atom is -0.478 e. The van der Waals surface area contributed by atoms with E-state index in [1.165, 1.54) is 21.1 Å². The van der Waals surface area contributed by atoms with Crippen molar-refractivity contribution in [1.29, 1.82) is 0 Å². The number of fused-ring (bicyclic) bond motifs is 1. The fourth-order valence-corrected chi connectivity index (χ4v) is 4.55. The number of aromatic nitrogens is 5. The van der Waals surface area contributed by atoms with Gasteiger partial charge in [-0.25, -0.2) is 21.8 Å². The van der Waals surface area contributed by atoms with E-state index in [2.05, 4.69) is 25.3 Å². The van der Waals surface area contributed by atoms with Gasteiger partial charge in [0.05, 0.1) is 29.1 Å². The Morgan fingerprint density at radius 3 is 2.33 bits per heavy atom. The molecule has 3 aromatic heterocycles. The summed E-state index contributed by atoms with van der Waals surface area (Å²) in [6.45, 7) is 1.03. The summed E-state index contributed by atoms with van der Waals surface area (Å²) < 4.78 is 121. The summed E-state index contributed by atoms with van der Waals surface area (Å²) in [4.78, 5) is 12.7. The Hall–Kier alpha value is -3.48. The van der Waals surface area contributed by atoms with E-state index >= 15 is 0 Å². The predicted molar refractivity (Wildman–Crippen MR) is 126 cm³/mol. The first-order valence-corrected chi connectivity index (χ1v) is 14.4. The van der Waals surface area contributed by atoms with Gasteiger partial charge >= 0.3 is 12.1 Å². The molecule has 0 spiro atoms. The number of hydrogen-bond donors (Lipinski definition) is 0. The summed E-state index contributed by atoms with van der Waals surface area (Å²) in [5.41, 5.74) is -2.56. The lowest BCUT2D eigenvalue weighted by Crippen LogP contribution is -2.34. The summed E-state index contributed by atoms with van der Waals surface area (Å²) in [5, 5.41) is 10.1. The third kappa shape index (κ3) is 6.23. The van der Waals surface area contributed by atoms with E-state index in [1.54, 1.807) is 0 Å². The molecule has 0 atom stereocenters. The van der Waals surface area contributed by atoms with Crippen LogP contribution in [0.4, 0.5) is 22.0 Å². The maximum Gasteiger partial charge on any atom is 0.459 e. The third-order valence-corrected chi connectivity index (χ3v) is 7.86. The number of nitrogens with zero attached hydrogens (tertiary/aromatic N) is 6. The number of alkyl halides is 5. The Bertz CT molecular complexity index is 1640. The number of pyridine rings is 1. The monoisotopic (exact) mass is 600 g/mol. The first-order chi connectivity index (χ1) is 17.9. The Morgan fingerprint density at radius 2 is 1.77 bits per heavy atom. The number of sulfone groups is 2. The fraction of sp³-hybridized carbons (Fsp3) is 0.450. The summed E-state index contributed by atoms with van der Waals surface area (Å²) in [5.74, 6) is -6.51. The molecule has 214 valence electrons. The van der Waals surface area contributed by atoms with Crippen molar-refractivity contribution in [2.24, 2.45) is 12.2 Å². The smallest absolute Gasteiger partial charge is 0.459 e. The molecule has 0 fully saturated rings. The van der Waals surface area contributed by atoms with Crippen molar-refractivity contribution < 1.29 is 48.4 Å². The van der Waals surface area contributed by atoms with Crippen molar-refractivity contribution in [3.63, 3.8) is 0 Å². The fourth-order valence-electron chi connectivity index (χ4n) is 3.12. The molecule has 0 aliphatic heterocycles. The molecule has 39 heavy (non-hydrogen) atoms. The molecule has 3 aromatic rings. The summed E-state index contributed by atoms with van der Waals surface area (Å²) >= 11 is 0. The quantitative estimate of drug-likeness (QED) is 0.117. The van der Waals surface area contributed by atoms with Gasteiger partial charge < -0.3 is 14.1 Å². The van der Waals surface area contributed by atoms with E-state index in [9.17, 15) is 38.8 Å². The van der Waals surface area contributed by atoms with Crippen LogP contribution < -0.4 is 0 Å². The molecule has 0 aromatic carbocycles. The minimum absolute atomic E-state index is 0.0123. The first kappa shape index (κ1) is 30.1. The van der Waals surface area contributed by atoms with Crippen molar-refractivity contribution in [2.45, 2.75) is 23.9 Å². The van der Waals surface area contributed by atoms with Gasteiger partial charge in [-0.05, 0) is 17.3 Å². The van der Waals surface area contributed by atoms with E-state index in [0.29, 0.717) is 6.07 Å². The molecule has 0 radical (unpaired) electrons. The molecule has 3 rings (SSSR count). The van der Waals surface area contributed by atoms with Crippen LogP contribution in [0.5, 0.6) is 0 Å². The molecule has 12 nitrogen and oxygen atoms in total. The van der Waals surface area contributed by atoms with Crippen LogP contribution in [-0.2, 0) is 42.2 Å². The van der Waals surface area contributed by atoms with Crippen molar-refractivity contribution in [3.05, 3.63) is 29.6 Å². The molecule has 0 unspecified atom stereocenters. The van der Waals surface area contributed by atoms with Crippen LogP contribution >= 0.6 is 0 Å². The van der Waals surface area contributed by atoms with Crippen LogP contribution in [0.1, 0.15) is 18.2 Å². The van der Waals surface area contributed by atoms with Crippen molar-refractivity contribution in [3.8, 4) is 11.5 Å². The van der Waals surface area contributed by atoms with Gasteiger partial charge in [0.15, 0.2) is 31.1 Å². The molecule has 19 heteroatoms. The average Bonchev–Trinajstić information content (AvgIpc) is 3.18. The van der Waals surface area contributed by atoms with Crippen LogP contribution in [0, 0.1) is 0 Å². The largest absolute Gasteiger partial charge is 0.478 e. The molecule has 0 N–H and O–H groups in total. The zero-order chi connectivity index (χ0) is 29.4. The van der Waals surface area contributed by atoms with Crippen LogP contribution in [0.25, 0.3) is 22.7 Å². The van der Waals surface area contributed by atoms with Crippen molar-refractivity contribution in [1.82, 2.24) is 24.7 Å². The van der Waals surface area contributed by atoms with E-state index in [4.69, 9.17) is 9.57 Å². The van der Waals surface area contributed by atoms with E-state index in [0.717, 1.165) is 23.1 Å². The van der Waals surface area contributed by atoms with Gasteiger partial charge in [0.1, 0.15) is 23.5 Å². The summed E-state index contributed by atoms with van der Waals surface area (Å²) in [7, 11) is -4.87. The Labute approximate surface area is 218 Å². The Morgan fingerprint density at radius 1 is 1.10 bits per heavy atom. The SMILES string of the molecule is CCS(=O)(=O)c1cc(/C(=N/OCCS(C)(=O)=O)OC)cnc1-c1nc2cc(C(F)(F)C(F)(F)F)nnc2n1C. The molecule has 3 heterocycles. The van der Waals surface area contributed by atoms with E-state index in [-0.39, 0.29) is 41.0 Å². The number of rotatable bonds is 9. The van der Waals surface area contributed by atoms with Gasteiger partial charge in [0, 0.05) is 19.5 Å². The predicted octanol–water partition coefficient (Wildman–Crippen LogP) is 2.24. The average molecular weight is 601 g/mol. The number of aryl methyl sites for hydroxylation is 1. The molecule has 0 saturated heterocycles. The van der Waals surface area contributed by atoms with Crippen molar-refractivity contribution in [2.75, 3.05) is 31.5 Å². The summed E-state index contributed by atoms with van der Waals surface area (Å²) in [6.07, 6.45) is -3.81. The number of hydrogen-bond acceptors (Lipinski definition) is 11. The van der Waals surface area contributed by atoms with Crippen LogP contribution in [0.2, 0.25) is 0 Å². The molecule has 0 bridgehead atoms. The maximum absolute atomic E-state index is 13.8. The van der Waals surface area contributed by atoms with Gasteiger partial charge in [-0.2, -0.15) is 22.0 Å². The highest BCUT2D eigenvalue weighted by molar-refractivity contribution is 7.91. The maximum atomic E-state index is 13.8. The van der Waals surface area contributed by atoms with Crippen LogP contribution in [0.15, 0.2) is 28.4 Å². The van der Waals surface area contributed by atoms with E-state index < -0.39 is 53.6 Å². The lowest BCUT2D eigenvalue weighted by Gasteiger charge is -2.17. The van der Waals surface area contributed by atoms with Crippen LogP contribution in [0.3, 0.4) is 0 Å². The Balaban J connectivity index is 2.14. The molecular weight excluding hydrogens is 579 g/mol. The lowest BCUT2D eigenvalue weighted by molar-refractivity contribution is -0.291. The van der Waals surface area contributed by atoms with Crippen molar-refractivity contribution >= 4 is 36.7 Å². The highest BCUT2D eigenvalue weighted by Crippen LogP contribution is 2.43. The van der Waals surface area contributed by atoms with Gasteiger partial charge in [0.2, 0.25) is 0 Å². The number of ether oxygens (including phenoxy) is 1. The topological polar surface area (TPSA) is 156 Å². The van der Waals surface area contributed by atoms with E-state index in [1.807, 2.05) is 0 Å². The highest BCUT2D eigenvalue weighted by Gasteiger charge is 2.60. The zero-order valence-electron chi connectivity index (χ0n) is 20.7. The molecule has 0 aliphatic rings. The molecule has 0 aliphatic carbocycles. The second kappa shape index (κ2) is 10.6. The van der Waals surface area contributed by atoms with Gasteiger partial charge in [-0.3, -0.25) is 4.98 Å². The Kier molecular flexibility index (Phi) is 8.16. The minimum atomic E-state index is -5.93. The van der Waals surface area contributed by atoms with Gasteiger partial charge in [0.25, 0.3) is 5.90 Å². The normalized spacial score (nSPS) is 13.6. The molecular formula is C20H21F5N6O6S2. The number of oxime groups is 1. The van der Waals surface area contributed by atoms with Gasteiger partial charge in [-0.1, -0.05) is 6.92 Å². The first-order valence-electron chi connectivity index (χ1n) is 10.7. The second-order valence-corrected chi connectivity index (χ2v) is 12.5. The highest BCUT2D eigenvalue weighted by atomic mass is 32.2. The second-order valence-electron chi connectivity index (χ2n) is 8.04. The van der Waals surface area contributed by atoms with Gasteiger partial charge in [-0.15, -0.1) is 10.2 Å². The zero-order valence-corrected chi connectivity index (χ0v) is 22.3. The number of methoxy groups -OCH3 is 1. The van der Waals surface area contributed by atoms with Crippen LogP contribution in [-0.4, -0.2) is 85.1 Å². The standard InChI is InChI=1S/C20H21F5N6O6S2/c1-5-39(34,35)13-8-11(18(36-3)30-37-6-7-38(4,32)33)10-26-15(13)17-27-12-9-14(19(21,22)20(23,24)25)28-29-16(12)31(17)2/h8-10H,5-7H2,1-4H3/b30-18-. The number of halogens is 5.